The predicted molar refractivity (Wildman–Crippen MR) is 48.3 cm³/mol. The predicted octanol–water partition coefficient (Wildman–Crippen LogP) is 0.260. The van der Waals surface area contributed by atoms with Crippen LogP contribution in [0.3, 0.4) is 0 Å². The lowest BCUT2D eigenvalue weighted by atomic mass is 10.4. The molecule has 0 saturated heterocycles. The van der Waals surface area contributed by atoms with Gasteiger partial charge < -0.3 is 10.4 Å². The minimum Gasteiger partial charge on any atom is -0.476 e. The molecule has 1 aromatic rings. The van der Waals surface area contributed by atoms with E-state index in [2.05, 4.69) is 5.10 Å². The van der Waals surface area contributed by atoms with Crippen molar-refractivity contribution in [3.05, 3.63) is 18.0 Å². The van der Waals surface area contributed by atoms with E-state index in [1.807, 2.05) is 0 Å². The summed E-state index contributed by atoms with van der Waals surface area (Å²) < 4.78 is 36.2. The summed E-state index contributed by atoms with van der Waals surface area (Å²) in [7, 11) is 0. The standard InChI is InChI=1S/C8H8F3N3O3/c9-8(10,11)4-12-6(15)3-14-2-1-5(13-14)7(16)17/h1-2H,3-4H2,(H,12,15)(H,16,17). The third-order valence-corrected chi connectivity index (χ3v) is 1.65. The number of hydrogen-bond donors (Lipinski definition) is 2. The molecule has 1 rings (SSSR count). The molecule has 0 saturated carbocycles. The van der Waals surface area contributed by atoms with Crippen LogP contribution in [-0.4, -0.2) is 39.5 Å². The van der Waals surface area contributed by atoms with Crippen molar-refractivity contribution < 1.29 is 27.9 Å². The Kier molecular flexibility index (Phi) is 3.71. The quantitative estimate of drug-likeness (QED) is 0.803. The van der Waals surface area contributed by atoms with E-state index < -0.39 is 31.1 Å². The maximum atomic E-state index is 11.7. The number of carboxylic acid groups (broad SMARTS) is 1. The molecule has 0 aliphatic rings. The van der Waals surface area contributed by atoms with Crippen LogP contribution in [0.25, 0.3) is 0 Å². The Morgan fingerprint density at radius 2 is 2.12 bits per heavy atom. The second-order valence-corrected chi connectivity index (χ2v) is 3.10. The number of carboxylic acids is 1. The molecule has 0 bridgehead atoms. The Bertz CT molecular complexity index is 427. The van der Waals surface area contributed by atoms with E-state index >= 15 is 0 Å². The second-order valence-electron chi connectivity index (χ2n) is 3.10. The van der Waals surface area contributed by atoms with Gasteiger partial charge in [0.15, 0.2) is 5.69 Å². The zero-order valence-corrected chi connectivity index (χ0v) is 8.36. The number of carbonyl (C=O) groups excluding carboxylic acids is 1. The van der Waals surface area contributed by atoms with Crippen molar-refractivity contribution in [3.8, 4) is 0 Å². The monoisotopic (exact) mass is 251 g/mol. The second kappa shape index (κ2) is 4.85. The Morgan fingerprint density at radius 3 is 2.59 bits per heavy atom. The largest absolute Gasteiger partial charge is 0.476 e. The van der Waals surface area contributed by atoms with Gasteiger partial charge in [0.2, 0.25) is 5.91 Å². The maximum Gasteiger partial charge on any atom is 0.405 e. The van der Waals surface area contributed by atoms with E-state index in [9.17, 15) is 22.8 Å². The first-order valence-corrected chi connectivity index (χ1v) is 4.38. The van der Waals surface area contributed by atoms with E-state index in [1.54, 1.807) is 5.32 Å². The molecule has 0 radical (unpaired) electrons. The number of aromatic nitrogens is 2. The van der Waals surface area contributed by atoms with Crippen LogP contribution in [-0.2, 0) is 11.3 Å². The highest BCUT2D eigenvalue weighted by Crippen LogP contribution is 2.12. The summed E-state index contributed by atoms with van der Waals surface area (Å²) in [4.78, 5) is 21.5. The number of nitrogens with zero attached hydrogens (tertiary/aromatic N) is 2. The summed E-state index contributed by atoms with van der Waals surface area (Å²) >= 11 is 0. The molecule has 0 atom stereocenters. The fourth-order valence-corrected chi connectivity index (χ4v) is 0.966. The third kappa shape index (κ3) is 4.53. The molecule has 9 heteroatoms. The van der Waals surface area contributed by atoms with Gasteiger partial charge in [-0.3, -0.25) is 9.48 Å². The van der Waals surface area contributed by atoms with E-state index in [0.717, 1.165) is 10.7 Å². The molecule has 17 heavy (non-hydrogen) atoms. The van der Waals surface area contributed by atoms with Gasteiger partial charge >= 0.3 is 12.1 Å². The van der Waals surface area contributed by atoms with Crippen LogP contribution in [0.5, 0.6) is 0 Å². The number of halogens is 3. The fraction of sp³-hybridized carbons (Fsp3) is 0.375. The minimum absolute atomic E-state index is 0.284. The first-order chi connectivity index (χ1) is 7.78. The summed E-state index contributed by atoms with van der Waals surface area (Å²) in [5.41, 5.74) is -0.284. The van der Waals surface area contributed by atoms with Gasteiger partial charge in [-0.05, 0) is 6.07 Å². The molecular formula is C8H8F3N3O3. The van der Waals surface area contributed by atoms with E-state index in [4.69, 9.17) is 5.11 Å². The number of hydrogen-bond acceptors (Lipinski definition) is 3. The molecule has 6 nitrogen and oxygen atoms in total. The van der Waals surface area contributed by atoms with Crippen molar-refractivity contribution in [2.24, 2.45) is 0 Å². The molecule has 0 fully saturated rings. The average Bonchev–Trinajstić information content (AvgIpc) is 2.62. The van der Waals surface area contributed by atoms with Crippen molar-refractivity contribution in [2.45, 2.75) is 12.7 Å². The van der Waals surface area contributed by atoms with E-state index in [-0.39, 0.29) is 5.69 Å². The summed E-state index contributed by atoms with van der Waals surface area (Å²) in [6, 6.07) is 1.14. The van der Waals surface area contributed by atoms with Crippen molar-refractivity contribution >= 4 is 11.9 Å². The first-order valence-electron chi connectivity index (χ1n) is 4.38. The van der Waals surface area contributed by atoms with Crippen LogP contribution < -0.4 is 5.32 Å². The van der Waals surface area contributed by atoms with Crippen LogP contribution in [0, 0.1) is 0 Å². The molecule has 0 unspecified atom stereocenters. The molecule has 1 amide bonds. The van der Waals surface area contributed by atoms with Crippen molar-refractivity contribution in [3.63, 3.8) is 0 Å². The molecule has 2 N–H and O–H groups in total. The highest BCUT2D eigenvalue weighted by molar-refractivity contribution is 5.85. The third-order valence-electron chi connectivity index (χ3n) is 1.65. The number of rotatable bonds is 4. The molecule has 94 valence electrons. The van der Waals surface area contributed by atoms with E-state index in [0.29, 0.717) is 0 Å². The van der Waals surface area contributed by atoms with Crippen molar-refractivity contribution in [2.75, 3.05) is 6.54 Å². The molecule has 1 aromatic heterocycles. The first kappa shape index (κ1) is 13.0. The van der Waals surface area contributed by atoms with Gasteiger partial charge in [-0.1, -0.05) is 0 Å². The maximum absolute atomic E-state index is 11.7. The van der Waals surface area contributed by atoms with Gasteiger partial charge in [0.1, 0.15) is 13.1 Å². The van der Waals surface area contributed by atoms with Gasteiger partial charge in [-0.2, -0.15) is 18.3 Å². The van der Waals surface area contributed by atoms with Crippen LogP contribution in [0.4, 0.5) is 13.2 Å². The lowest BCUT2D eigenvalue weighted by Crippen LogP contribution is -2.35. The van der Waals surface area contributed by atoms with E-state index in [1.165, 1.54) is 6.20 Å². The van der Waals surface area contributed by atoms with Crippen LogP contribution >= 0.6 is 0 Å². The van der Waals surface area contributed by atoms with Gasteiger partial charge in [-0.15, -0.1) is 0 Å². The molecule has 0 aromatic carbocycles. The summed E-state index contributed by atoms with van der Waals surface area (Å²) in [5.74, 6) is -2.18. The Morgan fingerprint density at radius 1 is 1.47 bits per heavy atom. The van der Waals surface area contributed by atoms with Gasteiger partial charge in [0, 0.05) is 6.20 Å². The van der Waals surface area contributed by atoms with Gasteiger partial charge in [0.05, 0.1) is 0 Å². The average molecular weight is 251 g/mol. The molecule has 1 heterocycles. The highest BCUT2D eigenvalue weighted by atomic mass is 19.4. The topological polar surface area (TPSA) is 84.2 Å². The lowest BCUT2D eigenvalue weighted by molar-refractivity contribution is -0.138. The molecular weight excluding hydrogens is 243 g/mol. The lowest BCUT2D eigenvalue weighted by Gasteiger charge is -2.07. The van der Waals surface area contributed by atoms with Crippen LogP contribution in [0.15, 0.2) is 12.3 Å². The molecule has 0 spiro atoms. The van der Waals surface area contributed by atoms with Gasteiger partial charge in [-0.25, -0.2) is 4.79 Å². The number of alkyl halides is 3. The highest BCUT2D eigenvalue weighted by Gasteiger charge is 2.27. The Labute approximate surface area is 93.0 Å². The minimum atomic E-state index is -4.48. The van der Waals surface area contributed by atoms with Crippen molar-refractivity contribution in [1.29, 1.82) is 0 Å². The Balaban J connectivity index is 2.48. The molecule has 0 aliphatic carbocycles. The normalized spacial score (nSPS) is 11.2. The summed E-state index contributed by atoms with van der Waals surface area (Å²) in [5, 5.41) is 13.6. The smallest absolute Gasteiger partial charge is 0.405 e. The number of aromatic carboxylic acids is 1. The Hall–Kier alpha value is -2.06. The zero-order chi connectivity index (χ0) is 13.1. The van der Waals surface area contributed by atoms with Crippen LogP contribution in [0.1, 0.15) is 10.5 Å². The number of nitrogens with one attached hydrogen (secondary N) is 1. The molecule has 0 aliphatic heterocycles. The zero-order valence-electron chi connectivity index (χ0n) is 8.36. The number of carbonyl (C=O) groups is 2. The number of amides is 1. The van der Waals surface area contributed by atoms with Crippen molar-refractivity contribution in [1.82, 2.24) is 15.1 Å². The fourth-order valence-electron chi connectivity index (χ4n) is 0.966. The van der Waals surface area contributed by atoms with Gasteiger partial charge in [0.25, 0.3) is 0 Å². The van der Waals surface area contributed by atoms with Crippen LogP contribution in [0.2, 0.25) is 0 Å². The SMILES string of the molecule is O=C(Cn1ccc(C(=O)O)n1)NCC(F)(F)F. The summed E-state index contributed by atoms with van der Waals surface area (Å²) in [6.07, 6.45) is -3.29. The summed E-state index contributed by atoms with van der Waals surface area (Å²) in [6.45, 7) is -1.90.